The lowest BCUT2D eigenvalue weighted by Crippen LogP contribution is -2.06. The summed E-state index contributed by atoms with van der Waals surface area (Å²) in [5.74, 6) is -1.10. The highest BCUT2D eigenvalue weighted by Crippen LogP contribution is 2.35. The SMILES string of the molecule is Cc1c(C(O)O)c(-c2ccccc2)c(C(=O)O)n1C. The van der Waals surface area contributed by atoms with E-state index in [1.165, 1.54) is 4.57 Å². The van der Waals surface area contributed by atoms with Crippen molar-refractivity contribution in [3.05, 3.63) is 47.3 Å². The highest BCUT2D eigenvalue weighted by Gasteiger charge is 2.27. The molecule has 0 bridgehead atoms. The van der Waals surface area contributed by atoms with E-state index < -0.39 is 12.3 Å². The molecule has 5 heteroatoms. The van der Waals surface area contributed by atoms with Gasteiger partial charge in [0, 0.05) is 23.9 Å². The molecule has 0 aliphatic rings. The molecular weight excluding hydrogens is 246 g/mol. The zero-order chi connectivity index (χ0) is 14.2. The van der Waals surface area contributed by atoms with Crippen molar-refractivity contribution >= 4 is 5.97 Å². The number of benzene rings is 1. The van der Waals surface area contributed by atoms with Crippen LogP contribution in [0.15, 0.2) is 30.3 Å². The van der Waals surface area contributed by atoms with Gasteiger partial charge in [-0.1, -0.05) is 30.3 Å². The Kier molecular flexibility index (Phi) is 3.42. The van der Waals surface area contributed by atoms with Gasteiger partial charge in [-0.15, -0.1) is 0 Å². The Hall–Kier alpha value is -2.11. The van der Waals surface area contributed by atoms with Gasteiger partial charge in [0.05, 0.1) is 0 Å². The smallest absolute Gasteiger partial charge is 0.353 e. The van der Waals surface area contributed by atoms with Gasteiger partial charge in [-0.25, -0.2) is 4.79 Å². The molecule has 0 radical (unpaired) electrons. The number of aliphatic hydroxyl groups is 2. The Morgan fingerprint density at radius 2 is 1.79 bits per heavy atom. The fraction of sp³-hybridized carbons (Fsp3) is 0.214. The molecule has 0 saturated carbocycles. The van der Waals surface area contributed by atoms with Crippen molar-refractivity contribution in [2.75, 3.05) is 0 Å². The zero-order valence-corrected chi connectivity index (χ0v) is 10.7. The number of carbonyl (C=O) groups is 1. The predicted octanol–water partition coefficient (Wildman–Crippen LogP) is 1.68. The van der Waals surface area contributed by atoms with Crippen molar-refractivity contribution in [1.82, 2.24) is 4.57 Å². The zero-order valence-electron chi connectivity index (χ0n) is 10.7. The Morgan fingerprint density at radius 1 is 1.21 bits per heavy atom. The molecule has 100 valence electrons. The largest absolute Gasteiger partial charge is 0.477 e. The van der Waals surface area contributed by atoms with Crippen molar-refractivity contribution in [2.45, 2.75) is 13.2 Å². The number of aromatic carboxylic acids is 1. The molecule has 19 heavy (non-hydrogen) atoms. The van der Waals surface area contributed by atoms with Crippen molar-refractivity contribution in [1.29, 1.82) is 0 Å². The van der Waals surface area contributed by atoms with Crippen molar-refractivity contribution in [3.8, 4) is 11.1 Å². The van der Waals surface area contributed by atoms with Crippen LogP contribution in [0, 0.1) is 6.92 Å². The van der Waals surface area contributed by atoms with Gasteiger partial charge in [0.25, 0.3) is 0 Å². The van der Waals surface area contributed by atoms with E-state index in [0.717, 1.165) is 0 Å². The van der Waals surface area contributed by atoms with Crippen LogP contribution in [-0.2, 0) is 7.05 Å². The van der Waals surface area contributed by atoms with Gasteiger partial charge in [-0.3, -0.25) is 0 Å². The molecule has 0 saturated heterocycles. The number of aromatic nitrogens is 1. The standard InChI is InChI=1S/C14H15NO4/c1-8-10(13(16)17)11(9-6-4-3-5-7-9)12(14(18)19)15(8)2/h3-7,13,16-17H,1-2H3,(H,18,19). The topological polar surface area (TPSA) is 82.7 Å². The van der Waals surface area contributed by atoms with Crippen molar-refractivity contribution < 1.29 is 20.1 Å². The molecule has 1 aromatic carbocycles. The van der Waals surface area contributed by atoms with Gasteiger partial charge in [-0.05, 0) is 12.5 Å². The van der Waals surface area contributed by atoms with E-state index >= 15 is 0 Å². The first-order chi connectivity index (χ1) is 8.95. The van der Waals surface area contributed by atoms with E-state index in [0.29, 0.717) is 16.8 Å². The maximum absolute atomic E-state index is 11.4. The first-order valence-electron chi connectivity index (χ1n) is 5.79. The van der Waals surface area contributed by atoms with Crippen LogP contribution in [0.5, 0.6) is 0 Å². The van der Waals surface area contributed by atoms with E-state index in [1.54, 1.807) is 38.2 Å². The minimum absolute atomic E-state index is 0.0480. The summed E-state index contributed by atoms with van der Waals surface area (Å²) in [7, 11) is 1.59. The summed E-state index contributed by atoms with van der Waals surface area (Å²) < 4.78 is 1.46. The molecule has 0 spiro atoms. The normalized spacial score (nSPS) is 11.0. The molecule has 0 amide bonds. The Morgan fingerprint density at radius 3 is 2.26 bits per heavy atom. The van der Waals surface area contributed by atoms with Gasteiger partial charge < -0.3 is 19.9 Å². The first kappa shape index (κ1) is 13.3. The van der Waals surface area contributed by atoms with Crippen LogP contribution >= 0.6 is 0 Å². The number of carboxylic acid groups (broad SMARTS) is 1. The highest BCUT2D eigenvalue weighted by molar-refractivity contribution is 5.96. The summed E-state index contributed by atoms with van der Waals surface area (Å²) in [6.45, 7) is 1.66. The van der Waals surface area contributed by atoms with Crippen LogP contribution in [0.4, 0.5) is 0 Å². The Labute approximate surface area is 110 Å². The third-order valence-electron chi connectivity index (χ3n) is 3.26. The van der Waals surface area contributed by atoms with Crippen molar-refractivity contribution in [3.63, 3.8) is 0 Å². The van der Waals surface area contributed by atoms with Crippen LogP contribution in [0.3, 0.4) is 0 Å². The van der Waals surface area contributed by atoms with Gasteiger partial charge in [0.2, 0.25) is 0 Å². The molecule has 0 unspecified atom stereocenters. The molecule has 0 aliphatic carbocycles. The lowest BCUT2D eigenvalue weighted by Gasteiger charge is -2.08. The molecule has 3 N–H and O–H groups in total. The molecule has 0 aliphatic heterocycles. The molecule has 1 aromatic heterocycles. The van der Waals surface area contributed by atoms with E-state index in [2.05, 4.69) is 0 Å². The fourth-order valence-corrected chi connectivity index (χ4v) is 2.29. The molecule has 0 atom stereocenters. The van der Waals surface area contributed by atoms with Crippen molar-refractivity contribution in [2.24, 2.45) is 7.05 Å². The average molecular weight is 261 g/mol. The monoisotopic (exact) mass is 261 g/mol. The van der Waals surface area contributed by atoms with Gasteiger partial charge >= 0.3 is 5.97 Å². The number of hydrogen-bond acceptors (Lipinski definition) is 3. The maximum Gasteiger partial charge on any atom is 0.353 e. The van der Waals surface area contributed by atoms with Crippen LogP contribution in [0.25, 0.3) is 11.1 Å². The van der Waals surface area contributed by atoms with Crippen LogP contribution < -0.4 is 0 Å². The molecule has 1 heterocycles. The van der Waals surface area contributed by atoms with E-state index in [1.807, 2.05) is 6.07 Å². The average Bonchev–Trinajstić information content (AvgIpc) is 2.63. The summed E-state index contributed by atoms with van der Waals surface area (Å²) in [6.07, 6.45) is -1.71. The molecule has 2 rings (SSSR count). The predicted molar refractivity (Wildman–Crippen MR) is 69.7 cm³/mol. The minimum atomic E-state index is -1.71. The van der Waals surface area contributed by atoms with Crippen LogP contribution in [0.1, 0.15) is 28.0 Å². The first-order valence-corrected chi connectivity index (χ1v) is 5.79. The fourth-order valence-electron chi connectivity index (χ4n) is 2.29. The summed E-state index contributed by atoms with van der Waals surface area (Å²) in [5.41, 5.74) is 1.79. The Balaban J connectivity index is 2.84. The summed E-state index contributed by atoms with van der Waals surface area (Å²) in [4.78, 5) is 11.4. The van der Waals surface area contributed by atoms with E-state index in [-0.39, 0.29) is 11.3 Å². The molecule has 2 aromatic rings. The molecule has 0 fully saturated rings. The highest BCUT2D eigenvalue weighted by atomic mass is 16.5. The number of aliphatic hydroxyl groups excluding tert-OH is 1. The van der Waals surface area contributed by atoms with Gasteiger partial charge in [0.15, 0.2) is 6.29 Å². The summed E-state index contributed by atoms with van der Waals surface area (Å²) >= 11 is 0. The second-order valence-electron chi connectivity index (χ2n) is 4.33. The van der Waals surface area contributed by atoms with E-state index in [9.17, 15) is 20.1 Å². The third kappa shape index (κ3) is 2.14. The maximum atomic E-state index is 11.4. The molecular formula is C14H15NO4. The quantitative estimate of drug-likeness (QED) is 0.734. The number of nitrogens with zero attached hydrogens (tertiary/aromatic N) is 1. The second kappa shape index (κ2) is 4.87. The van der Waals surface area contributed by atoms with Crippen LogP contribution in [-0.4, -0.2) is 25.9 Å². The van der Waals surface area contributed by atoms with Crippen LogP contribution in [0.2, 0.25) is 0 Å². The minimum Gasteiger partial charge on any atom is -0.477 e. The molecule has 5 nitrogen and oxygen atoms in total. The lowest BCUT2D eigenvalue weighted by atomic mass is 10.00. The number of carboxylic acids is 1. The summed E-state index contributed by atoms with van der Waals surface area (Å²) in [5, 5.41) is 28.4. The van der Waals surface area contributed by atoms with Gasteiger partial charge in [0.1, 0.15) is 5.69 Å². The van der Waals surface area contributed by atoms with E-state index in [4.69, 9.17) is 0 Å². The lowest BCUT2D eigenvalue weighted by molar-refractivity contribution is -0.0425. The third-order valence-corrected chi connectivity index (χ3v) is 3.26. The second-order valence-corrected chi connectivity index (χ2v) is 4.33. The number of hydrogen-bond donors (Lipinski definition) is 3. The number of rotatable bonds is 3. The van der Waals surface area contributed by atoms with Gasteiger partial charge in [-0.2, -0.15) is 0 Å². The Bertz CT molecular complexity index is 614. The summed E-state index contributed by atoms with van der Waals surface area (Å²) in [6, 6.07) is 8.85.